The molecule has 0 aliphatic rings. The number of anilines is 1. The molecule has 0 saturated carbocycles. The molecule has 0 spiro atoms. The summed E-state index contributed by atoms with van der Waals surface area (Å²) in [6, 6.07) is 6.78. The molecule has 1 heterocycles. The first-order valence-corrected chi connectivity index (χ1v) is 6.28. The van der Waals surface area contributed by atoms with Crippen LogP contribution in [0.5, 0.6) is 0 Å². The van der Waals surface area contributed by atoms with Crippen molar-refractivity contribution in [3.63, 3.8) is 0 Å². The Hall–Kier alpha value is -1.95. The first kappa shape index (κ1) is 13.5. The summed E-state index contributed by atoms with van der Waals surface area (Å²) in [6.07, 6.45) is 3.13. The number of aromatic nitrogens is 1. The van der Waals surface area contributed by atoms with E-state index in [0.29, 0.717) is 5.69 Å². The zero-order chi connectivity index (χ0) is 13.8. The van der Waals surface area contributed by atoms with E-state index < -0.39 is 17.8 Å². The van der Waals surface area contributed by atoms with Crippen LogP contribution in [-0.2, 0) is 4.79 Å². The summed E-state index contributed by atoms with van der Waals surface area (Å²) in [4.78, 5) is 15.5. The molecule has 0 fully saturated rings. The summed E-state index contributed by atoms with van der Waals surface area (Å²) in [6.45, 7) is 0. The summed E-state index contributed by atoms with van der Waals surface area (Å²) in [7, 11) is 0. The fraction of sp³-hybridized carbons (Fsp3) is 0.0769. The van der Waals surface area contributed by atoms with Gasteiger partial charge in [-0.3, -0.25) is 9.78 Å². The van der Waals surface area contributed by atoms with Crippen molar-refractivity contribution in [2.24, 2.45) is 5.73 Å². The third-order valence-electron chi connectivity index (χ3n) is 2.52. The zero-order valence-electron chi connectivity index (χ0n) is 9.81. The quantitative estimate of drug-likeness (QED) is 0.908. The van der Waals surface area contributed by atoms with Gasteiger partial charge in [0.25, 0.3) is 0 Å². The first-order valence-electron chi connectivity index (χ1n) is 5.49. The largest absolute Gasteiger partial charge is 0.369 e. The lowest BCUT2D eigenvalue weighted by molar-refractivity contribution is -0.118. The normalized spacial score (nSPS) is 11.9. The number of halogens is 2. The van der Waals surface area contributed by atoms with Crippen LogP contribution >= 0.6 is 15.9 Å². The fourth-order valence-corrected chi connectivity index (χ4v) is 2.03. The highest BCUT2D eigenvalue weighted by Crippen LogP contribution is 2.23. The Labute approximate surface area is 118 Å². The molecule has 1 atom stereocenters. The Bertz CT molecular complexity index is 606. The predicted octanol–water partition coefficient (Wildman–Crippen LogP) is 2.62. The van der Waals surface area contributed by atoms with Gasteiger partial charge in [-0.2, -0.15) is 0 Å². The summed E-state index contributed by atoms with van der Waals surface area (Å²) in [5, 5.41) is 2.87. The number of primary amides is 1. The van der Waals surface area contributed by atoms with Crippen molar-refractivity contribution in [2.75, 3.05) is 5.32 Å². The minimum atomic E-state index is -0.947. The van der Waals surface area contributed by atoms with Crippen molar-refractivity contribution < 1.29 is 9.18 Å². The van der Waals surface area contributed by atoms with E-state index in [1.54, 1.807) is 24.4 Å². The Morgan fingerprint density at radius 2 is 2.11 bits per heavy atom. The highest BCUT2D eigenvalue weighted by atomic mass is 79.9. The molecule has 19 heavy (non-hydrogen) atoms. The molecule has 98 valence electrons. The first-order chi connectivity index (χ1) is 9.08. The molecular weight excluding hydrogens is 313 g/mol. The molecule has 4 nitrogen and oxygen atoms in total. The van der Waals surface area contributed by atoms with E-state index in [1.807, 2.05) is 0 Å². The van der Waals surface area contributed by atoms with Crippen molar-refractivity contribution >= 4 is 27.5 Å². The van der Waals surface area contributed by atoms with Crippen LogP contribution in [-0.4, -0.2) is 10.9 Å². The van der Waals surface area contributed by atoms with Crippen LogP contribution in [0.25, 0.3) is 0 Å². The monoisotopic (exact) mass is 323 g/mol. The zero-order valence-corrected chi connectivity index (χ0v) is 11.4. The molecule has 0 radical (unpaired) electrons. The van der Waals surface area contributed by atoms with Crippen LogP contribution in [0.15, 0.2) is 47.2 Å². The van der Waals surface area contributed by atoms with Gasteiger partial charge in [0.1, 0.15) is 11.9 Å². The van der Waals surface area contributed by atoms with Crippen molar-refractivity contribution in [1.82, 2.24) is 4.98 Å². The minimum Gasteiger partial charge on any atom is -0.369 e. The van der Waals surface area contributed by atoms with E-state index in [0.717, 1.165) is 4.47 Å². The molecule has 6 heteroatoms. The number of pyridine rings is 1. The average Bonchev–Trinajstić information content (AvgIpc) is 2.37. The van der Waals surface area contributed by atoms with Gasteiger partial charge < -0.3 is 11.1 Å². The second-order valence-electron chi connectivity index (χ2n) is 3.89. The third-order valence-corrected chi connectivity index (χ3v) is 2.95. The molecule has 0 bridgehead atoms. The van der Waals surface area contributed by atoms with Crippen LogP contribution in [0.3, 0.4) is 0 Å². The SMILES string of the molecule is NC(=O)[C@@H](Nc1cncc(Br)c1)c1ccccc1F. The van der Waals surface area contributed by atoms with Gasteiger partial charge >= 0.3 is 0 Å². The number of benzene rings is 1. The second-order valence-corrected chi connectivity index (χ2v) is 4.81. The number of carbonyl (C=O) groups is 1. The van der Waals surface area contributed by atoms with E-state index >= 15 is 0 Å². The molecule has 0 aliphatic heterocycles. The molecule has 1 amide bonds. The van der Waals surface area contributed by atoms with Gasteiger partial charge in [-0.25, -0.2) is 4.39 Å². The van der Waals surface area contributed by atoms with Crippen molar-refractivity contribution in [2.45, 2.75) is 6.04 Å². The van der Waals surface area contributed by atoms with Crippen molar-refractivity contribution in [3.05, 3.63) is 58.6 Å². The Morgan fingerprint density at radius 3 is 2.74 bits per heavy atom. The van der Waals surface area contributed by atoms with Gasteiger partial charge in [-0.1, -0.05) is 18.2 Å². The molecule has 2 rings (SSSR count). The van der Waals surface area contributed by atoms with Gasteiger partial charge in [0, 0.05) is 16.2 Å². The van der Waals surface area contributed by atoms with E-state index in [4.69, 9.17) is 5.73 Å². The van der Waals surface area contributed by atoms with Crippen molar-refractivity contribution in [3.8, 4) is 0 Å². The Kier molecular flexibility index (Phi) is 4.11. The highest BCUT2D eigenvalue weighted by molar-refractivity contribution is 9.10. The maximum atomic E-state index is 13.7. The van der Waals surface area contributed by atoms with E-state index in [9.17, 15) is 9.18 Å². The number of rotatable bonds is 4. The van der Waals surface area contributed by atoms with E-state index in [2.05, 4.69) is 26.2 Å². The van der Waals surface area contributed by atoms with E-state index in [1.165, 1.54) is 18.3 Å². The van der Waals surface area contributed by atoms with Gasteiger partial charge in [0.05, 0.1) is 11.9 Å². The molecule has 3 N–H and O–H groups in total. The van der Waals surface area contributed by atoms with Gasteiger partial charge in [0.2, 0.25) is 5.91 Å². The average molecular weight is 324 g/mol. The summed E-state index contributed by atoms with van der Waals surface area (Å²) in [5.74, 6) is -1.15. The van der Waals surface area contributed by atoms with Crippen LogP contribution in [0, 0.1) is 5.82 Å². The lowest BCUT2D eigenvalue weighted by atomic mass is 10.1. The number of carbonyl (C=O) groups excluding carboxylic acids is 1. The lowest BCUT2D eigenvalue weighted by Gasteiger charge is -2.17. The fourth-order valence-electron chi connectivity index (χ4n) is 1.67. The third kappa shape index (κ3) is 3.29. The number of nitrogens with zero attached hydrogens (tertiary/aromatic N) is 1. The number of nitrogens with one attached hydrogen (secondary N) is 1. The minimum absolute atomic E-state index is 0.204. The summed E-state index contributed by atoms with van der Waals surface area (Å²) < 4.78 is 14.5. The number of hydrogen-bond donors (Lipinski definition) is 2. The van der Waals surface area contributed by atoms with Crippen molar-refractivity contribution in [1.29, 1.82) is 0 Å². The standard InChI is InChI=1S/C13H11BrFN3O/c14-8-5-9(7-17-6-8)18-12(13(16)19)10-3-1-2-4-11(10)15/h1-7,12,18H,(H2,16,19)/t12-/m0/s1. The predicted molar refractivity (Wildman–Crippen MR) is 73.9 cm³/mol. The molecule has 2 aromatic rings. The molecule has 0 unspecified atom stereocenters. The molecule has 1 aromatic carbocycles. The molecule has 0 saturated heterocycles. The highest BCUT2D eigenvalue weighted by Gasteiger charge is 2.20. The van der Waals surface area contributed by atoms with Crippen LogP contribution in [0.4, 0.5) is 10.1 Å². The number of amides is 1. The second kappa shape index (κ2) is 5.79. The summed E-state index contributed by atoms with van der Waals surface area (Å²) >= 11 is 3.27. The Morgan fingerprint density at radius 1 is 1.37 bits per heavy atom. The molecule has 1 aromatic heterocycles. The molecular formula is C13H11BrFN3O. The number of hydrogen-bond acceptors (Lipinski definition) is 3. The van der Waals surface area contributed by atoms with Crippen LogP contribution < -0.4 is 11.1 Å². The van der Waals surface area contributed by atoms with Gasteiger partial charge in [0.15, 0.2) is 0 Å². The lowest BCUT2D eigenvalue weighted by Crippen LogP contribution is -2.28. The maximum Gasteiger partial charge on any atom is 0.244 e. The van der Waals surface area contributed by atoms with Gasteiger partial charge in [-0.05, 0) is 28.1 Å². The van der Waals surface area contributed by atoms with E-state index in [-0.39, 0.29) is 5.56 Å². The topological polar surface area (TPSA) is 68.0 Å². The smallest absolute Gasteiger partial charge is 0.244 e. The van der Waals surface area contributed by atoms with Gasteiger partial charge in [-0.15, -0.1) is 0 Å². The Balaban J connectivity index is 2.32. The van der Waals surface area contributed by atoms with Crippen LogP contribution in [0.1, 0.15) is 11.6 Å². The summed E-state index contributed by atoms with van der Waals surface area (Å²) in [5.41, 5.74) is 6.10. The maximum absolute atomic E-state index is 13.7. The molecule has 0 aliphatic carbocycles. The van der Waals surface area contributed by atoms with Crippen LogP contribution in [0.2, 0.25) is 0 Å². The number of nitrogens with two attached hydrogens (primary N) is 1.